The summed E-state index contributed by atoms with van der Waals surface area (Å²) in [4.78, 5) is 2.31. The summed E-state index contributed by atoms with van der Waals surface area (Å²) in [7, 11) is 0. The molecule has 248 valence electrons. The lowest BCUT2D eigenvalue weighted by molar-refractivity contribution is 0.440. The van der Waals surface area contributed by atoms with E-state index in [4.69, 9.17) is 9.47 Å². The molecule has 8 aromatic rings. The van der Waals surface area contributed by atoms with Crippen molar-refractivity contribution in [3.05, 3.63) is 187 Å². The van der Waals surface area contributed by atoms with E-state index in [0.29, 0.717) is 11.5 Å². The number of para-hydroxylation sites is 1. The van der Waals surface area contributed by atoms with E-state index in [1.165, 1.54) is 38.9 Å². The van der Waals surface area contributed by atoms with Crippen molar-refractivity contribution < 1.29 is 9.47 Å². The molecule has 1 aliphatic heterocycles. The second-order valence-electron chi connectivity index (χ2n) is 14.1. The molecule has 0 aromatic heterocycles. The molecule has 0 N–H and O–H groups in total. The van der Waals surface area contributed by atoms with Gasteiger partial charge in [0.15, 0.2) is 11.5 Å². The zero-order chi connectivity index (χ0) is 34.8. The maximum absolute atomic E-state index is 6.89. The van der Waals surface area contributed by atoms with Crippen LogP contribution in [0.3, 0.4) is 0 Å². The second kappa shape index (κ2) is 11.8. The van der Waals surface area contributed by atoms with Crippen molar-refractivity contribution in [3.63, 3.8) is 0 Å². The topological polar surface area (TPSA) is 21.7 Å². The van der Waals surface area contributed by atoms with Crippen LogP contribution in [0.1, 0.15) is 25.0 Å². The molecule has 0 spiro atoms. The van der Waals surface area contributed by atoms with Gasteiger partial charge in [-0.1, -0.05) is 141 Å². The summed E-state index contributed by atoms with van der Waals surface area (Å²) in [5, 5.41) is 2.05. The van der Waals surface area contributed by atoms with E-state index < -0.39 is 0 Å². The van der Waals surface area contributed by atoms with Crippen molar-refractivity contribution in [2.75, 3.05) is 4.90 Å². The van der Waals surface area contributed by atoms with E-state index in [1.807, 2.05) is 30.3 Å². The van der Waals surface area contributed by atoms with Crippen molar-refractivity contribution in [3.8, 4) is 56.4 Å². The lowest BCUT2D eigenvalue weighted by atomic mass is 9.82. The van der Waals surface area contributed by atoms with Crippen molar-refractivity contribution in [2.45, 2.75) is 19.3 Å². The Hall–Kier alpha value is -6.58. The molecule has 52 heavy (non-hydrogen) atoms. The van der Waals surface area contributed by atoms with Crippen LogP contribution in [-0.4, -0.2) is 0 Å². The van der Waals surface area contributed by atoms with Crippen LogP contribution in [0.15, 0.2) is 176 Å². The molecule has 0 atom stereocenters. The molecule has 0 radical (unpaired) electrons. The summed E-state index contributed by atoms with van der Waals surface area (Å²) in [5.74, 6) is 2.92. The van der Waals surface area contributed by atoms with Crippen LogP contribution in [0.25, 0.3) is 44.2 Å². The van der Waals surface area contributed by atoms with Gasteiger partial charge in [0, 0.05) is 16.8 Å². The third-order valence-electron chi connectivity index (χ3n) is 10.7. The standard InChI is InChI=1S/C49H35NO2/c1-49(2)41-16-7-6-15-39(41)40-30-29-38(31-42(40)49)50(37-27-25-35(26-28-37)34-23-21-33(22-24-34)32-11-4-3-5-12-32)43-17-10-20-46-48(43)52-45-19-9-14-36-13-8-18-44(51-46)47(36)45/h3-31H,1-2H3. The highest BCUT2D eigenvalue weighted by Gasteiger charge is 2.36. The summed E-state index contributed by atoms with van der Waals surface area (Å²) in [6.45, 7) is 4.65. The van der Waals surface area contributed by atoms with Gasteiger partial charge in [-0.25, -0.2) is 0 Å². The summed E-state index contributed by atoms with van der Waals surface area (Å²) < 4.78 is 13.5. The predicted molar refractivity (Wildman–Crippen MR) is 214 cm³/mol. The van der Waals surface area contributed by atoms with E-state index in [9.17, 15) is 0 Å². The molecule has 0 saturated heterocycles. The average Bonchev–Trinajstić information content (AvgIpc) is 3.29. The average molecular weight is 670 g/mol. The molecule has 2 aliphatic rings. The molecule has 1 heterocycles. The summed E-state index contributed by atoms with van der Waals surface area (Å²) >= 11 is 0. The van der Waals surface area contributed by atoms with Crippen LogP contribution >= 0.6 is 0 Å². The van der Waals surface area contributed by atoms with Gasteiger partial charge in [0.05, 0.1) is 11.1 Å². The van der Waals surface area contributed by atoms with Gasteiger partial charge in [0.25, 0.3) is 0 Å². The Labute approximate surface area is 304 Å². The van der Waals surface area contributed by atoms with Gasteiger partial charge in [-0.3, -0.25) is 0 Å². The van der Waals surface area contributed by atoms with Crippen molar-refractivity contribution in [1.82, 2.24) is 0 Å². The molecule has 0 bridgehead atoms. The van der Waals surface area contributed by atoms with E-state index in [2.05, 4.69) is 164 Å². The fourth-order valence-corrected chi connectivity index (χ4v) is 8.08. The number of ether oxygens (including phenoxy) is 2. The number of hydrogen-bond acceptors (Lipinski definition) is 3. The minimum absolute atomic E-state index is 0.145. The highest BCUT2D eigenvalue weighted by Crippen LogP contribution is 2.54. The fourth-order valence-electron chi connectivity index (χ4n) is 8.08. The first-order valence-electron chi connectivity index (χ1n) is 17.8. The zero-order valence-corrected chi connectivity index (χ0v) is 29.0. The van der Waals surface area contributed by atoms with Gasteiger partial charge in [0.2, 0.25) is 0 Å². The van der Waals surface area contributed by atoms with Gasteiger partial charge < -0.3 is 14.4 Å². The Kier molecular flexibility index (Phi) is 6.84. The van der Waals surface area contributed by atoms with E-state index >= 15 is 0 Å². The molecule has 0 fully saturated rings. The summed E-state index contributed by atoms with van der Waals surface area (Å²) in [5.41, 5.74) is 12.8. The van der Waals surface area contributed by atoms with E-state index in [1.54, 1.807) is 0 Å². The molecule has 8 aromatic carbocycles. The third kappa shape index (κ3) is 4.81. The molecule has 3 nitrogen and oxygen atoms in total. The molecule has 0 saturated carbocycles. The fraction of sp³-hybridized carbons (Fsp3) is 0.0612. The third-order valence-corrected chi connectivity index (χ3v) is 10.7. The van der Waals surface area contributed by atoms with E-state index in [0.717, 1.165) is 44.9 Å². The molecular formula is C49H35NO2. The Balaban J connectivity index is 1.11. The van der Waals surface area contributed by atoms with Gasteiger partial charge in [-0.2, -0.15) is 0 Å². The van der Waals surface area contributed by atoms with Gasteiger partial charge in [-0.05, 0) is 98.4 Å². The number of nitrogens with zero attached hydrogens (tertiary/aromatic N) is 1. The summed E-state index contributed by atoms with van der Waals surface area (Å²) in [6.07, 6.45) is 0. The lowest BCUT2D eigenvalue weighted by Crippen LogP contribution is -2.16. The maximum Gasteiger partial charge on any atom is 0.193 e. The Morgan fingerprint density at radius 1 is 0.423 bits per heavy atom. The highest BCUT2D eigenvalue weighted by atomic mass is 16.5. The largest absolute Gasteiger partial charge is 0.453 e. The highest BCUT2D eigenvalue weighted by molar-refractivity contribution is 5.96. The minimum atomic E-state index is -0.145. The molecule has 1 aliphatic carbocycles. The Morgan fingerprint density at radius 2 is 0.981 bits per heavy atom. The van der Waals surface area contributed by atoms with Crippen molar-refractivity contribution >= 4 is 27.8 Å². The maximum atomic E-state index is 6.89. The first-order chi connectivity index (χ1) is 25.5. The lowest BCUT2D eigenvalue weighted by Gasteiger charge is -2.29. The first-order valence-corrected chi connectivity index (χ1v) is 17.8. The Bertz CT molecular complexity index is 2640. The van der Waals surface area contributed by atoms with Crippen molar-refractivity contribution in [2.24, 2.45) is 0 Å². The number of hydrogen-bond donors (Lipinski definition) is 0. The van der Waals surface area contributed by atoms with Gasteiger partial charge in [-0.15, -0.1) is 0 Å². The number of fused-ring (bicyclic) bond motifs is 4. The number of rotatable bonds is 5. The molecule has 3 heteroatoms. The minimum Gasteiger partial charge on any atom is -0.453 e. The number of anilines is 3. The van der Waals surface area contributed by atoms with E-state index in [-0.39, 0.29) is 5.41 Å². The smallest absolute Gasteiger partial charge is 0.193 e. The SMILES string of the molecule is CC1(C)c2ccccc2-c2ccc(N(c3ccc(-c4ccc(-c5ccccc5)cc4)cc3)c3cccc4c3Oc3cccc5cccc(c35)O4)cc21. The van der Waals surface area contributed by atoms with Crippen LogP contribution in [0.2, 0.25) is 0 Å². The number of benzene rings is 8. The Morgan fingerprint density at radius 3 is 1.71 bits per heavy atom. The molecule has 10 rings (SSSR count). The quantitative estimate of drug-likeness (QED) is 0.182. The zero-order valence-electron chi connectivity index (χ0n) is 29.0. The first kappa shape index (κ1) is 30.3. The van der Waals surface area contributed by atoms with Crippen molar-refractivity contribution in [1.29, 1.82) is 0 Å². The van der Waals surface area contributed by atoms with Crippen LogP contribution in [-0.2, 0) is 5.41 Å². The van der Waals surface area contributed by atoms with Crippen LogP contribution in [0, 0.1) is 0 Å². The molecule has 0 unspecified atom stereocenters. The van der Waals surface area contributed by atoms with Gasteiger partial charge >= 0.3 is 0 Å². The molecule has 0 amide bonds. The molecular weight excluding hydrogens is 635 g/mol. The summed E-state index contributed by atoms with van der Waals surface area (Å²) in [6, 6.07) is 62.3. The van der Waals surface area contributed by atoms with Crippen LogP contribution in [0.5, 0.6) is 23.0 Å². The normalized spacial score (nSPS) is 13.3. The predicted octanol–water partition coefficient (Wildman–Crippen LogP) is 13.8. The van der Waals surface area contributed by atoms with Crippen LogP contribution in [0.4, 0.5) is 17.1 Å². The van der Waals surface area contributed by atoms with Crippen LogP contribution < -0.4 is 14.4 Å². The monoisotopic (exact) mass is 669 g/mol. The van der Waals surface area contributed by atoms with Gasteiger partial charge in [0.1, 0.15) is 11.5 Å². The second-order valence-corrected chi connectivity index (χ2v) is 14.1.